The summed E-state index contributed by atoms with van der Waals surface area (Å²) in [5.74, 6) is 0.776. The summed E-state index contributed by atoms with van der Waals surface area (Å²) in [6, 6.07) is 4.21. The lowest BCUT2D eigenvalue weighted by Gasteiger charge is -2.15. The maximum Gasteiger partial charge on any atom is 0.187 e. The molecular weight excluding hydrogens is 250 g/mol. The van der Waals surface area contributed by atoms with Crippen LogP contribution in [-0.4, -0.2) is 22.3 Å². The Labute approximate surface area is 102 Å². The van der Waals surface area contributed by atoms with Gasteiger partial charge in [-0.3, -0.25) is 0 Å². The summed E-state index contributed by atoms with van der Waals surface area (Å²) in [4.78, 5) is 3.41. The van der Waals surface area contributed by atoms with Crippen LogP contribution in [0.2, 0.25) is 5.15 Å². The second-order valence-electron chi connectivity index (χ2n) is 3.13. The monoisotopic (exact) mass is 259 g/mol. The topological polar surface area (TPSA) is 29.0 Å². The van der Waals surface area contributed by atoms with Crippen molar-refractivity contribution in [3.63, 3.8) is 0 Å². The highest BCUT2D eigenvalue weighted by atomic mass is 35.5. The van der Waals surface area contributed by atoms with Crippen LogP contribution in [-0.2, 0) is 6.42 Å². The van der Waals surface area contributed by atoms with Crippen LogP contribution >= 0.6 is 34.7 Å². The Morgan fingerprint density at radius 3 is 2.93 bits per heavy atom. The molecule has 2 rings (SSSR count). The molecule has 0 fully saturated rings. The molecule has 80 valence electrons. The van der Waals surface area contributed by atoms with Crippen molar-refractivity contribution in [3.8, 4) is 0 Å². The van der Waals surface area contributed by atoms with E-state index in [2.05, 4.69) is 26.3 Å². The highest BCUT2D eigenvalue weighted by Crippen LogP contribution is 2.22. The second kappa shape index (κ2) is 4.92. The molecule has 0 N–H and O–H groups in total. The molecule has 2 heterocycles. The van der Waals surface area contributed by atoms with E-state index in [1.165, 1.54) is 4.88 Å². The van der Waals surface area contributed by atoms with Gasteiger partial charge in [-0.05, 0) is 17.9 Å². The first-order valence-electron chi connectivity index (χ1n) is 4.49. The summed E-state index contributed by atoms with van der Waals surface area (Å²) in [6.07, 6.45) is 1.02. The Balaban J connectivity index is 1.93. The van der Waals surface area contributed by atoms with Gasteiger partial charge in [0, 0.05) is 18.5 Å². The van der Waals surface area contributed by atoms with E-state index in [9.17, 15) is 0 Å². The van der Waals surface area contributed by atoms with Crippen LogP contribution in [0.15, 0.2) is 17.5 Å². The predicted octanol–water partition coefficient (Wildman–Crippen LogP) is 2.93. The van der Waals surface area contributed by atoms with Gasteiger partial charge in [0.25, 0.3) is 0 Å². The van der Waals surface area contributed by atoms with Gasteiger partial charge in [0.15, 0.2) is 11.0 Å². The Hall–Kier alpha value is -0.650. The SMILES string of the molecule is CN(CCc1cccs1)c1nsnc1Cl. The first kappa shape index (κ1) is 10.9. The average molecular weight is 260 g/mol. The fraction of sp³-hybridized carbons (Fsp3) is 0.333. The van der Waals surface area contributed by atoms with Crippen molar-refractivity contribution in [2.45, 2.75) is 6.42 Å². The highest BCUT2D eigenvalue weighted by molar-refractivity contribution is 7.09. The van der Waals surface area contributed by atoms with Crippen molar-refractivity contribution in [1.29, 1.82) is 0 Å². The summed E-state index contributed by atoms with van der Waals surface area (Å²) in [5, 5.41) is 2.58. The Bertz CT molecular complexity index is 413. The molecule has 0 radical (unpaired) electrons. The number of aromatic nitrogens is 2. The zero-order valence-corrected chi connectivity index (χ0v) is 10.6. The number of halogens is 1. The molecule has 0 atom stereocenters. The van der Waals surface area contributed by atoms with Gasteiger partial charge in [-0.25, -0.2) is 0 Å². The maximum absolute atomic E-state index is 5.89. The van der Waals surface area contributed by atoms with Gasteiger partial charge in [-0.15, -0.1) is 11.3 Å². The van der Waals surface area contributed by atoms with E-state index < -0.39 is 0 Å². The van der Waals surface area contributed by atoms with E-state index in [4.69, 9.17) is 11.6 Å². The van der Waals surface area contributed by atoms with Crippen molar-refractivity contribution in [2.75, 3.05) is 18.5 Å². The summed E-state index contributed by atoms with van der Waals surface area (Å²) in [5.41, 5.74) is 0. The molecule has 0 aromatic carbocycles. The molecule has 2 aromatic heterocycles. The van der Waals surface area contributed by atoms with Gasteiger partial charge in [0.05, 0.1) is 11.7 Å². The van der Waals surface area contributed by atoms with Gasteiger partial charge < -0.3 is 4.90 Å². The lowest BCUT2D eigenvalue weighted by Crippen LogP contribution is -2.20. The molecule has 0 unspecified atom stereocenters. The van der Waals surface area contributed by atoms with E-state index >= 15 is 0 Å². The molecule has 0 saturated carbocycles. The summed E-state index contributed by atoms with van der Waals surface area (Å²) in [7, 11) is 1.98. The molecule has 6 heteroatoms. The van der Waals surface area contributed by atoms with Gasteiger partial charge in [0.1, 0.15) is 0 Å². The van der Waals surface area contributed by atoms with Crippen molar-refractivity contribution in [1.82, 2.24) is 8.75 Å². The van der Waals surface area contributed by atoms with E-state index in [-0.39, 0.29) is 0 Å². The van der Waals surface area contributed by atoms with Crippen molar-refractivity contribution < 1.29 is 0 Å². The lowest BCUT2D eigenvalue weighted by molar-refractivity contribution is 0.876. The predicted molar refractivity (Wildman–Crippen MR) is 66.2 cm³/mol. The van der Waals surface area contributed by atoms with Crippen LogP contribution in [0.5, 0.6) is 0 Å². The standard InChI is InChI=1S/C9H10ClN3S2/c1-13(9-8(10)11-15-12-9)5-4-7-3-2-6-14-7/h2-3,6H,4-5H2,1H3. The fourth-order valence-corrected chi connectivity index (χ4v) is 2.76. The molecule has 2 aromatic rings. The van der Waals surface area contributed by atoms with Gasteiger partial charge >= 0.3 is 0 Å². The van der Waals surface area contributed by atoms with Crippen molar-refractivity contribution in [2.24, 2.45) is 0 Å². The fourth-order valence-electron chi connectivity index (χ4n) is 1.24. The van der Waals surface area contributed by atoms with Crippen LogP contribution in [0.3, 0.4) is 0 Å². The van der Waals surface area contributed by atoms with Crippen LogP contribution in [0.4, 0.5) is 5.82 Å². The lowest BCUT2D eigenvalue weighted by atomic mass is 10.3. The third kappa shape index (κ3) is 2.68. The van der Waals surface area contributed by atoms with E-state index in [0.717, 1.165) is 30.5 Å². The summed E-state index contributed by atoms with van der Waals surface area (Å²) < 4.78 is 8.08. The van der Waals surface area contributed by atoms with E-state index in [0.29, 0.717) is 5.15 Å². The number of likely N-dealkylation sites (N-methyl/N-ethyl adjacent to an activating group) is 1. The highest BCUT2D eigenvalue weighted by Gasteiger charge is 2.10. The number of thiophene rings is 1. The van der Waals surface area contributed by atoms with Gasteiger partial charge in [0.2, 0.25) is 0 Å². The Morgan fingerprint density at radius 1 is 1.47 bits per heavy atom. The second-order valence-corrected chi connectivity index (χ2v) is 5.05. The zero-order valence-electron chi connectivity index (χ0n) is 8.18. The van der Waals surface area contributed by atoms with Crippen LogP contribution in [0.1, 0.15) is 4.88 Å². The Kier molecular flexibility index (Phi) is 3.56. The van der Waals surface area contributed by atoms with E-state index in [1.807, 2.05) is 11.9 Å². The first-order chi connectivity index (χ1) is 7.27. The first-order valence-corrected chi connectivity index (χ1v) is 6.48. The minimum Gasteiger partial charge on any atom is -0.356 e. The smallest absolute Gasteiger partial charge is 0.187 e. The van der Waals surface area contributed by atoms with E-state index in [1.54, 1.807) is 11.3 Å². The molecule has 0 aliphatic rings. The quantitative estimate of drug-likeness (QED) is 0.845. The minimum absolute atomic E-state index is 0.494. The molecule has 0 bridgehead atoms. The third-order valence-electron chi connectivity index (χ3n) is 2.07. The van der Waals surface area contributed by atoms with Crippen LogP contribution in [0.25, 0.3) is 0 Å². The van der Waals surface area contributed by atoms with Crippen LogP contribution in [0, 0.1) is 0 Å². The number of hydrogen-bond acceptors (Lipinski definition) is 5. The van der Waals surface area contributed by atoms with Gasteiger partial charge in [-0.1, -0.05) is 17.7 Å². The molecule has 0 aliphatic heterocycles. The third-order valence-corrected chi connectivity index (χ3v) is 3.88. The van der Waals surface area contributed by atoms with Crippen molar-refractivity contribution in [3.05, 3.63) is 27.5 Å². The molecule has 0 amide bonds. The average Bonchev–Trinajstić information content (AvgIpc) is 2.84. The molecule has 0 saturated heterocycles. The van der Waals surface area contributed by atoms with Crippen molar-refractivity contribution >= 4 is 40.5 Å². The summed E-state index contributed by atoms with van der Waals surface area (Å²) in [6.45, 7) is 0.908. The number of rotatable bonds is 4. The molecular formula is C9H10ClN3S2. The van der Waals surface area contributed by atoms with Crippen LogP contribution < -0.4 is 4.90 Å². The molecule has 0 spiro atoms. The number of nitrogens with zero attached hydrogens (tertiary/aromatic N) is 3. The number of hydrogen-bond donors (Lipinski definition) is 0. The molecule has 0 aliphatic carbocycles. The Morgan fingerprint density at radius 2 is 2.33 bits per heavy atom. The van der Waals surface area contributed by atoms with Gasteiger partial charge in [-0.2, -0.15) is 8.75 Å². The molecule has 3 nitrogen and oxygen atoms in total. The maximum atomic E-state index is 5.89. The largest absolute Gasteiger partial charge is 0.356 e. The summed E-state index contributed by atoms with van der Waals surface area (Å²) >= 11 is 8.81. The minimum atomic E-state index is 0.494. The normalized spacial score (nSPS) is 10.5. The zero-order chi connectivity index (χ0) is 10.7. The molecule has 15 heavy (non-hydrogen) atoms. The number of anilines is 1.